The van der Waals surface area contributed by atoms with Gasteiger partial charge >= 0.3 is 0 Å². The summed E-state index contributed by atoms with van der Waals surface area (Å²) in [7, 11) is 0. The van der Waals surface area contributed by atoms with E-state index in [9.17, 15) is 38.4 Å². The zero-order chi connectivity index (χ0) is 48.6. The van der Waals surface area contributed by atoms with Crippen molar-refractivity contribution in [2.24, 2.45) is 52.2 Å². The number of Topliss-reactive ketones (excluding diaryl/α,β-unsaturated/α-hetero) is 3. The average Bonchev–Trinajstić information content (AvgIpc) is 3.70. The monoisotopic (exact) mass is 917 g/mol. The van der Waals surface area contributed by atoms with Crippen LogP contribution < -0.4 is 50.4 Å². The number of hydrogen-bond donors (Lipinski definition) is 10. The summed E-state index contributed by atoms with van der Waals surface area (Å²) >= 11 is 0. The standard InChI is InChI=1S/C48H72N10O8/c1-30(10-7-21-49)56-47(65)34(25-35-29-55-38-14-6-5-13-36(35)38)28-43(61)40(16-9-23-51)58-48(66)33(24-31-11-3-2-4-12-31)27-42(60)39(15-8-22-50)57-46(64)32(17-19-44(53)62)26-41(59)37(52)18-20-45(54)63/h2-6,11-14,29-30,32-34,37,39-40,55H,7-10,15-28,49-52H2,1H3,(H2,53,62)(H2,54,63)(H,56,65)(H,57,64)(H,58,66)/t30-,32-,33-,34-,37+,39+,40+/m1/s1. The number of H-pyrrole nitrogens is 1. The summed E-state index contributed by atoms with van der Waals surface area (Å²) in [6, 6.07) is 13.3. The maximum Gasteiger partial charge on any atom is 0.224 e. The molecular weight excluding hydrogens is 845 g/mol. The van der Waals surface area contributed by atoms with Crippen LogP contribution in [0.1, 0.15) is 102 Å². The Hall–Kier alpha value is -5.82. The molecule has 2 aromatic carbocycles. The first kappa shape index (κ1) is 54.5. The molecule has 0 saturated heterocycles. The molecule has 7 atom stereocenters. The van der Waals surface area contributed by atoms with E-state index >= 15 is 0 Å². The van der Waals surface area contributed by atoms with Crippen LogP contribution in [-0.4, -0.2) is 95.7 Å². The molecule has 16 N–H and O–H groups in total. The molecule has 1 heterocycles. The van der Waals surface area contributed by atoms with Crippen molar-refractivity contribution in [3.05, 3.63) is 71.9 Å². The van der Waals surface area contributed by atoms with Gasteiger partial charge in [0.25, 0.3) is 0 Å². The summed E-state index contributed by atoms with van der Waals surface area (Å²) in [5.41, 5.74) is 36.5. The number of carbonyl (C=O) groups excluding carboxylic acids is 8. The number of ketones is 3. The van der Waals surface area contributed by atoms with E-state index in [4.69, 9.17) is 34.4 Å². The molecule has 0 radical (unpaired) electrons. The molecule has 0 spiro atoms. The number of aromatic amines is 1. The molecule has 362 valence electrons. The van der Waals surface area contributed by atoms with Crippen LogP contribution in [0.5, 0.6) is 0 Å². The molecule has 0 aliphatic heterocycles. The third kappa shape index (κ3) is 19.0. The Morgan fingerprint density at radius 2 is 1.05 bits per heavy atom. The van der Waals surface area contributed by atoms with E-state index < -0.39 is 71.1 Å². The van der Waals surface area contributed by atoms with Gasteiger partial charge in [0, 0.05) is 73.0 Å². The number of nitrogens with two attached hydrogens (primary N) is 6. The molecule has 5 amide bonds. The fourth-order valence-electron chi connectivity index (χ4n) is 7.95. The third-order valence-electron chi connectivity index (χ3n) is 11.8. The molecule has 0 unspecified atom stereocenters. The summed E-state index contributed by atoms with van der Waals surface area (Å²) in [5, 5.41) is 9.64. The zero-order valence-corrected chi connectivity index (χ0v) is 38.3. The van der Waals surface area contributed by atoms with E-state index in [0.717, 1.165) is 22.0 Å². The summed E-state index contributed by atoms with van der Waals surface area (Å²) in [6.07, 6.45) is 3.15. The lowest BCUT2D eigenvalue weighted by atomic mass is 9.87. The maximum atomic E-state index is 14.5. The number of fused-ring (bicyclic) bond motifs is 1. The van der Waals surface area contributed by atoms with Gasteiger partial charge in [0.15, 0.2) is 11.6 Å². The van der Waals surface area contributed by atoms with Crippen LogP contribution in [-0.2, 0) is 51.2 Å². The molecule has 0 fully saturated rings. The van der Waals surface area contributed by atoms with Gasteiger partial charge < -0.3 is 55.3 Å². The van der Waals surface area contributed by atoms with Gasteiger partial charge in [-0.05, 0) is 108 Å². The second kappa shape index (κ2) is 29.0. The maximum absolute atomic E-state index is 14.5. The van der Waals surface area contributed by atoms with E-state index in [0.29, 0.717) is 32.2 Å². The highest BCUT2D eigenvalue weighted by Crippen LogP contribution is 2.25. The molecule has 0 aliphatic rings. The topological polar surface area (TPSA) is 345 Å². The average molecular weight is 917 g/mol. The molecule has 18 nitrogen and oxygen atoms in total. The number of amides is 5. The highest BCUT2D eigenvalue weighted by molar-refractivity contribution is 5.97. The summed E-state index contributed by atoms with van der Waals surface area (Å²) in [4.78, 5) is 110. The van der Waals surface area contributed by atoms with Crippen LogP contribution in [0.25, 0.3) is 10.9 Å². The number of primary amides is 2. The van der Waals surface area contributed by atoms with Crippen molar-refractivity contribution in [3.63, 3.8) is 0 Å². The number of para-hydroxylation sites is 1. The lowest BCUT2D eigenvalue weighted by Gasteiger charge is -2.26. The Morgan fingerprint density at radius 3 is 1.62 bits per heavy atom. The quantitative estimate of drug-likeness (QED) is 0.0405. The molecule has 0 aliphatic carbocycles. The summed E-state index contributed by atoms with van der Waals surface area (Å²) in [6.45, 7) is 2.77. The van der Waals surface area contributed by atoms with E-state index in [2.05, 4.69) is 20.9 Å². The predicted molar refractivity (Wildman–Crippen MR) is 253 cm³/mol. The first-order valence-corrected chi connectivity index (χ1v) is 23.1. The minimum absolute atomic E-state index is 0.0324. The van der Waals surface area contributed by atoms with Gasteiger partial charge in [-0.1, -0.05) is 48.5 Å². The first-order chi connectivity index (χ1) is 31.6. The highest BCUT2D eigenvalue weighted by Gasteiger charge is 2.34. The normalized spacial score (nSPS) is 14.5. The van der Waals surface area contributed by atoms with Crippen LogP contribution in [0.4, 0.5) is 0 Å². The molecule has 3 aromatic rings. The number of nitrogens with one attached hydrogen (secondary N) is 4. The van der Waals surface area contributed by atoms with Crippen molar-refractivity contribution < 1.29 is 38.4 Å². The predicted octanol–water partition coefficient (Wildman–Crippen LogP) is 1.23. The highest BCUT2D eigenvalue weighted by atomic mass is 16.2. The van der Waals surface area contributed by atoms with Gasteiger partial charge in [0.1, 0.15) is 5.78 Å². The van der Waals surface area contributed by atoms with Crippen molar-refractivity contribution in [1.29, 1.82) is 0 Å². The Bertz CT molecular complexity index is 2060. The van der Waals surface area contributed by atoms with Gasteiger partial charge in [0.2, 0.25) is 29.5 Å². The Morgan fingerprint density at radius 1 is 0.561 bits per heavy atom. The van der Waals surface area contributed by atoms with Crippen LogP contribution in [0.15, 0.2) is 60.8 Å². The number of aromatic nitrogens is 1. The molecule has 3 rings (SSSR count). The number of carbonyl (C=O) groups is 8. The van der Waals surface area contributed by atoms with Crippen LogP contribution in [0.3, 0.4) is 0 Å². The minimum atomic E-state index is -1.13. The summed E-state index contributed by atoms with van der Waals surface area (Å²) < 4.78 is 0. The van der Waals surface area contributed by atoms with Crippen molar-refractivity contribution >= 4 is 57.8 Å². The Labute approximate surface area is 387 Å². The van der Waals surface area contributed by atoms with Crippen LogP contribution in [0, 0.1) is 17.8 Å². The van der Waals surface area contributed by atoms with E-state index in [-0.39, 0.29) is 101 Å². The number of hydrogen-bond acceptors (Lipinski definition) is 12. The van der Waals surface area contributed by atoms with Crippen LogP contribution >= 0.6 is 0 Å². The number of benzene rings is 2. The first-order valence-electron chi connectivity index (χ1n) is 23.1. The van der Waals surface area contributed by atoms with Crippen LogP contribution in [0.2, 0.25) is 0 Å². The Balaban J connectivity index is 1.90. The molecule has 66 heavy (non-hydrogen) atoms. The lowest BCUT2D eigenvalue weighted by molar-refractivity contribution is -0.135. The van der Waals surface area contributed by atoms with E-state index in [1.54, 1.807) is 12.1 Å². The third-order valence-corrected chi connectivity index (χ3v) is 11.8. The lowest BCUT2D eigenvalue weighted by Crippen LogP contribution is -2.48. The SMILES string of the molecule is C[C@H](CCCN)NC(=O)[C@@H](CC(=O)[C@H](CCCN)NC(=O)[C@@H](CC(=O)[C@H](CCCN)NC(=O)[C@H](CCC(N)=O)CC(=O)[C@@H](N)CCC(N)=O)Cc1ccccc1)Cc1c[nH]c2ccccc12. The molecule has 0 saturated carbocycles. The van der Waals surface area contributed by atoms with E-state index in [1.165, 1.54) is 0 Å². The summed E-state index contributed by atoms with van der Waals surface area (Å²) in [5.74, 6) is -7.18. The molecule has 0 bridgehead atoms. The van der Waals surface area contributed by atoms with Gasteiger partial charge in [-0.15, -0.1) is 0 Å². The van der Waals surface area contributed by atoms with Crippen molar-refractivity contribution in [2.45, 2.75) is 127 Å². The van der Waals surface area contributed by atoms with Crippen molar-refractivity contribution in [3.8, 4) is 0 Å². The largest absolute Gasteiger partial charge is 0.370 e. The van der Waals surface area contributed by atoms with Gasteiger partial charge in [0.05, 0.1) is 18.1 Å². The van der Waals surface area contributed by atoms with Crippen molar-refractivity contribution in [1.82, 2.24) is 20.9 Å². The second-order valence-corrected chi connectivity index (χ2v) is 17.3. The molecule has 1 aromatic heterocycles. The Kier molecular flexibility index (Phi) is 23.9. The fourth-order valence-corrected chi connectivity index (χ4v) is 7.95. The molecule has 18 heteroatoms. The number of rotatable bonds is 34. The van der Waals surface area contributed by atoms with Gasteiger partial charge in [-0.2, -0.15) is 0 Å². The van der Waals surface area contributed by atoms with Gasteiger partial charge in [-0.25, -0.2) is 0 Å². The minimum Gasteiger partial charge on any atom is -0.370 e. The fraction of sp³-hybridized carbons (Fsp3) is 0.542. The van der Waals surface area contributed by atoms with E-state index in [1.807, 2.05) is 55.6 Å². The van der Waals surface area contributed by atoms with Crippen molar-refractivity contribution in [2.75, 3.05) is 19.6 Å². The van der Waals surface area contributed by atoms with Gasteiger partial charge in [-0.3, -0.25) is 38.4 Å². The smallest absolute Gasteiger partial charge is 0.224 e. The zero-order valence-electron chi connectivity index (χ0n) is 38.3. The molecular formula is C48H72N10O8. The second-order valence-electron chi connectivity index (χ2n) is 17.3.